The molecule has 3 amide bonds. The number of imide groups is 1. The van der Waals surface area contributed by atoms with Crippen molar-refractivity contribution in [1.29, 1.82) is 0 Å². The van der Waals surface area contributed by atoms with Crippen LogP contribution in [0.4, 0.5) is 5.69 Å². The van der Waals surface area contributed by atoms with E-state index < -0.39 is 6.04 Å². The number of nitrogens with zero attached hydrogens (tertiary/aromatic N) is 2. The second-order valence-electron chi connectivity index (χ2n) is 8.25. The maximum atomic E-state index is 13.7. The van der Waals surface area contributed by atoms with E-state index in [4.69, 9.17) is 5.73 Å². The molecule has 6 heteroatoms. The molecule has 6 nitrogen and oxygen atoms in total. The average Bonchev–Trinajstić information content (AvgIpc) is 2.89. The van der Waals surface area contributed by atoms with E-state index >= 15 is 0 Å². The second-order valence-corrected chi connectivity index (χ2v) is 8.25. The van der Waals surface area contributed by atoms with Gasteiger partial charge in [0.05, 0.1) is 17.2 Å². The summed E-state index contributed by atoms with van der Waals surface area (Å²) in [4.78, 5) is 43.0. The maximum absolute atomic E-state index is 13.7. The van der Waals surface area contributed by atoms with E-state index in [0.29, 0.717) is 23.2 Å². The summed E-state index contributed by atoms with van der Waals surface area (Å²) in [6.07, 6.45) is 3.12. The Kier molecular flexibility index (Phi) is 3.98. The van der Waals surface area contributed by atoms with Crippen LogP contribution in [-0.4, -0.2) is 39.6 Å². The zero-order valence-electron chi connectivity index (χ0n) is 16.3. The van der Waals surface area contributed by atoms with Gasteiger partial charge in [0.25, 0.3) is 11.8 Å². The Morgan fingerprint density at radius 3 is 2.31 bits per heavy atom. The van der Waals surface area contributed by atoms with Crippen molar-refractivity contribution >= 4 is 23.4 Å². The standard InChI is InChI=1S/C23H23N3O3/c1-13-5-4-8-19-18-12-15(24)10-9-14(18)11-20(23(29)25(13)19)26-21(27)16-6-2-3-7-17(16)22(26)28/h2-3,6-7,9-10,12-13,19-20H,4-5,8,11,24H2,1H3/t13-,19?,20?/m1/s1. The van der Waals surface area contributed by atoms with Crippen molar-refractivity contribution in [3.05, 3.63) is 64.7 Å². The number of nitrogen functional groups attached to an aromatic ring is 1. The average molecular weight is 389 g/mol. The Labute approximate surface area is 169 Å². The van der Waals surface area contributed by atoms with Crippen LogP contribution in [0.25, 0.3) is 0 Å². The van der Waals surface area contributed by atoms with Gasteiger partial charge in [0.2, 0.25) is 5.91 Å². The fraction of sp³-hybridized carbons (Fsp3) is 0.348. The predicted octanol–water partition coefficient (Wildman–Crippen LogP) is 2.93. The number of carbonyl (C=O) groups is 3. The number of benzene rings is 2. The molecule has 3 aliphatic rings. The lowest BCUT2D eigenvalue weighted by molar-refractivity contribution is -0.141. The topological polar surface area (TPSA) is 83.7 Å². The van der Waals surface area contributed by atoms with E-state index in [1.807, 2.05) is 30.0 Å². The molecule has 29 heavy (non-hydrogen) atoms. The van der Waals surface area contributed by atoms with E-state index in [1.165, 1.54) is 4.90 Å². The Morgan fingerprint density at radius 2 is 1.62 bits per heavy atom. The van der Waals surface area contributed by atoms with Crippen molar-refractivity contribution in [2.45, 2.75) is 50.7 Å². The van der Waals surface area contributed by atoms with Gasteiger partial charge in [0.15, 0.2) is 0 Å². The number of rotatable bonds is 1. The number of hydrogen-bond acceptors (Lipinski definition) is 4. The zero-order valence-corrected chi connectivity index (χ0v) is 16.3. The van der Waals surface area contributed by atoms with E-state index in [-0.39, 0.29) is 29.8 Å². The van der Waals surface area contributed by atoms with E-state index in [2.05, 4.69) is 0 Å². The number of carbonyl (C=O) groups excluding carboxylic acids is 3. The quantitative estimate of drug-likeness (QED) is 0.600. The Morgan fingerprint density at radius 1 is 0.931 bits per heavy atom. The number of piperidine rings is 1. The first-order valence-electron chi connectivity index (χ1n) is 10.1. The number of anilines is 1. The largest absolute Gasteiger partial charge is 0.399 e. The minimum atomic E-state index is -0.838. The molecular weight excluding hydrogens is 366 g/mol. The Hall–Kier alpha value is -3.15. The molecule has 2 N–H and O–H groups in total. The van der Waals surface area contributed by atoms with Gasteiger partial charge in [-0.3, -0.25) is 19.3 Å². The van der Waals surface area contributed by atoms with Crippen molar-refractivity contribution in [2.24, 2.45) is 0 Å². The lowest BCUT2D eigenvalue weighted by Gasteiger charge is -2.42. The summed E-state index contributed by atoms with van der Waals surface area (Å²) in [7, 11) is 0. The molecule has 148 valence electrons. The third kappa shape index (κ3) is 2.58. The molecule has 0 radical (unpaired) electrons. The number of nitrogens with two attached hydrogens (primary N) is 1. The maximum Gasteiger partial charge on any atom is 0.262 e. The van der Waals surface area contributed by atoms with Gasteiger partial charge in [-0.25, -0.2) is 0 Å². The van der Waals surface area contributed by atoms with Crippen molar-refractivity contribution in [1.82, 2.24) is 9.80 Å². The summed E-state index contributed by atoms with van der Waals surface area (Å²) in [5.41, 5.74) is 9.49. The van der Waals surface area contributed by atoms with Gasteiger partial charge >= 0.3 is 0 Å². The van der Waals surface area contributed by atoms with Gasteiger partial charge in [0, 0.05) is 18.2 Å². The molecular formula is C23H23N3O3. The fourth-order valence-electron chi connectivity index (χ4n) is 5.14. The first-order valence-corrected chi connectivity index (χ1v) is 10.1. The Balaban J connectivity index is 1.63. The van der Waals surface area contributed by atoms with Crippen LogP contribution in [0.2, 0.25) is 0 Å². The van der Waals surface area contributed by atoms with Gasteiger partial charge in [-0.05, 0) is 61.6 Å². The van der Waals surface area contributed by atoms with Crippen molar-refractivity contribution in [3.63, 3.8) is 0 Å². The van der Waals surface area contributed by atoms with E-state index in [9.17, 15) is 14.4 Å². The molecule has 0 aromatic heterocycles. The molecule has 0 saturated carbocycles. The van der Waals surface area contributed by atoms with Crippen LogP contribution in [0.3, 0.4) is 0 Å². The van der Waals surface area contributed by atoms with Crippen LogP contribution in [0, 0.1) is 0 Å². The number of amides is 3. The summed E-state index contributed by atoms with van der Waals surface area (Å²) in [6.45, 7) is 2.04. The third-order valence-electron chi connectivity index (χ3n) is 6.53. The summed E-state index contributed by atoms with van der Waals surface area (Å²) in [6, 6.07) is 11.6. The minimum Gasteiger partial charge on any atom is -0.399 e. The molecule has 1 fully saturated rings. The van der Waals surface area contributed by atoms with Crippen LogP contribution >= 0.6 is 0 Å². The highest BCUT2D eigenvalue weighted by atomic mass is 16.2. The predicted molar refractivity (Wildman–Crippen MR) is 108 cm³/mol. The second kappa shape index (κ2) is 6.44. The van der Waals surface area contributed by atoms with Gasteiger partial charge < -0.3 is 10.6 Å². The lowest BCUT2D eigenvalue weighted by atomic mass is 9.89. The van der Waals surface area contributed by atoms with E-state index in [1.54, 1.807) is 24.3 Å². The molecule has 5 rings (SSSR count). The highest BCUT2D eigenvalue weighted by Crippen LogP contribution is 2.41. The molecule has 1 saturated heterocycles. The van der Waals surface area contributed by atoms with Gasteiger partial charge in [-0.15, -0.1) is 0 Å². The normalized spacial score (nSPS) is 26.1. The highest BCUT2D eigenvalue weighted by molar-refractivity contribution is 6.22. The summed E-state index contributed by atoms with van der Waals surface area (Å²) in [5, 5.41) is 0. The van der Waals surface area contributed by atoms with Crippen molar-refractivity contribution in [3.8, 4) is 0 Å². The number of fused-ring (bicyclic) bond motifs is 4. The summed E-state index contributed by atoms with van der Waals surface area (Å²) < 4.78 is 0. The number of hydrogen-bond donors (Lipinski definition) is 1. The van der Waals surface area contributed by atoms with Crippen LogP contribution in [-0.2, 0) is 11.2 Å². The first-order chi connectivity index (χ1) is 14.0. The SMILES string of the molecule is C[C@@H]1CCCC2c3cc(N)ccc3CC(N3C(=O)c4ccccc4C3=O)C(=O)N21. The first kappa shape index (κ1) is 17.9. The monoisotopic (exact) mass is 389 g/mol. The van der Waals surface area contributed by atoms with Crippen LogP contribution in [0.5, 0.6) is 0 Å². The summed E-state index contributed by atoms with van der Waals surface area (Å²) >= 11 is 0. The van der Waals surface area contributed by atoms with Gasteiger partial charge in [0.1, 0.15) is 6.04 Å². The molecule has 2 aromatic rings. The van der Waals surface area contributed by atoms with Crippen molar-refractivity contribution in [2.75, 3.05) is 5.73 Å². The van der Waals surface area contributed by atoms with Crippen LogP contribution in [0.1, 0.15) is 64.1 Å². The molecule has 0 bridgehead atoms. The lowest BCUT2D eigenvalue weighted by Crippen LogP contribution is -2.54. The van der Waals surface area contributed by atoms with Crippen LogP contribution in [0.15, 0.2) is 42.5 Å². The molecule has 2 unspecified atom stereocenters. The molecule has 2 aromatic carbocycles. The molecule has 3 heterocycles. The molecule has 0 aliphatic carbocycles. The smallest absolute Gasteiger partial charge is 0.262 e. The van der Waals surface area contributed by atoms with E-state index in [0.717, 1.165) is 30.4 Å². The highest BCUT2D eigenvalue weighted by Gasteiger charge is 2.48. The molecule has 3 aliphatic heterocycles. The Bertz CT molecular complexity index is 1010. The fourth-order valence-corrected chi connectivity index (χ4v) is 5.14. The zero-order chi connectivity index (χ0) is 20.3. The van der Waals surface area contributed by atoms with Crippen molar-refractivity contribution < 1.29 is 14.4 Å². The van der Waals surface area contributed by atoms with Gasteiger partial charge in [-0.2, -0.15) is 0 Å². The van der Waals surface area contributed by atoms with Gasteiger partial charge in [-0.1, -0.05) is 18.2 Å². The molecule has 3 atom stereocenters. The third-order valence-corrected chi connectivity index (χ3v) is 6.53. The van der Waals surface area contributed by atoms with Crippen LogP contribution < -0.4 is 5.73 Å². The minimum absolute atomic E-state index is 0.0475. The summed E-state index contributed by atoms with van der Waals surface area (Å²) in [5.74, 6) is -0.917. The molecule has 0 spiro atoms.